The molecule has 0 fully saturated rings. The lowest BCUT2D eigenvalue weighted by molar-refractivity contribution is -0.131. The lowest BCUT2D eigenvalue weighted by atomic mass is 9.85. The Morgan fingerprint density at radius 2 is 0.724 bits per heavy atom. The maximum Gasteiger partial charge on any atom is 0.358 e. The van der Waals surface area contributed by atoms with Crippen LogP contribution < -0.4 is 16.0 Å². The van der Waals surface area contributed by atoms with Gasteiger partial charge in [0.2, 0.25) is 17.7 Å². The first-order valence-electron chi connectivity index (χ1n) is 28.9. The second-order valence-electron chi connectivity index (χ2n) is 20.9. The van der Waals surface area contributed by atoms with Crippen molar-refractivity contribution in [3.8, 4) is 0 Å². The normalized spacial score (nSPS) is 14.7. The van der Waals surface area contributed by atoms with Gasteiger partial charge in [-0.1, -0.05) is 27.7 Å². The van der Waals surface area contributed by atoms with Crippen LogP contribution in [0.3, 0.4) is 0 Å². The van der Waals surface area contributed by atoms with Crippen LogP contribution in [0.5, 0.6) is 0 Å². The highest BCUT2D eigenvalue weighted by Gasteiger charge is 2.43. The van der Waals surface area contributed by atoms with E-state index >= 15 is 0 Å². The van der Waals surface area contributed by atoms with Gasteiger partial charge < -0.3 is 108 Å². The van der Waals surface area contributed by atoms with Crippen LogP contribution in [-0.2, 0) is 100 Å². The molecule has 87 heavy (non-hydrogen) atoms. The molecule has 3 amide bonds. The molecule has 0 bridgehead atoms. The van der Waals surface area contributed by atoms with E-state index in [0.29, 0.717) is 75.4 Å². The van der Waals surface area contributed by atoms with Gasteiger partial charge in [0, 0.05) is 89.1 Å². The molecule has 12 N–H and O–H groups in total. The van der Waals surface area contributed by atoms with Gasteiger partial charge in [0.25, 0.3) is 0 Å². The smallest absolute Gasteiger partial charge is 0.358 e. The van der Waals surface area contributed by atoms with Crippen LogP contribution in [0.15, 0.2) is 37.6 Å². The zero-order valence-electron chi connectivity index (χ0n) is 51.6. The maximum atomic E-state index is 12.7. The number of ether oxygens (including phenoxy) is 6. The molecule has 0 saturated carbocycles. The van der Waals surface area contributed by atoms with Crippen molar-refractivity contribution >= 4 is 46.3 Å². The first-order valence-corrected chi connectivity index (χ1v) is 33.8. The van der Waals surface area contributed by atoms with Crippen molar-refractivity contribution in [1.29, 1.82) is 0 Å². The molecular weight excluding hydrogens is 1210 g/mol. The molecule has 0 aliphatic heterocycles. The number of carbonyl (C=O) groups excluding carboxylic acids is 4. The van der Waals surface area contributed by atoms with Crippen molar-refractivity contribution in [2.75, 3.05) is 98.9 Å². The largest absolute Gasteiger partial charge is 0.380 e. The molecule has 3 rings (SSSR count). The van der Waals surface area contributed by atoms with Gasteiger partial charge in [0.05, 0.1) is 115 Å². The van der Waals surface area contributed by atoms with Crippen LogP contribution in [0.2, 0.25) is 0 Å². The molecule has 0 radical (unpaired) electrons. The third-order valence-electron chi connectivity index (χ3n) is 12.5. The van der Waals surface area contributed by atoms with Crippen LogP contribution in [-0.4, -0.2) is 212 Å². The molecule has 3 aromatic rings. The third kappa shape index (κ3) is 34.0. The average Bonchev–Trinajstić information content (AvgIpc) is 2.90. The van der Waals surface area contributed by atoms with Gasteiger partial charge in [0.1, 0.15) is 5.78 Å². The standard InChI is InChI=1S/C49H86N9O22P3.2C2H6/c1-39(59)26-49(33-78-20-11-43(60)50-14-23-75-17-5-8-40-27-56(36-53-40)30-46(2,63)81(66,67)68,34-79-21-12-44(61)51-15-24-76-18-6-9-41-28-57(37-54-41)31-47(3,64)82(69,70)71)35-80-22-13-45(62)52-16-25-77-19-7-10-42-29-58(38-55-42)32-48(4,65)83(72,73)74;2*1-2/h27-29,36-38,63-65H,5-26,30-35H2,1-4H3,(H,50,60)(H,51,61)(H,52,62)(H2,66,67,68)(H2,69,70,71)(H2,72,73,74);2*1-2H3. The van der Waals surface area contributed by atoms with E-state index in [1.165, 1.54) is 39.6 Å². The fourth-order valence-corrected chi connectivity index (χ4v) is 8.81. The Morgan fingerprint density at radius 3 is 0.966 bits per heavy atom. The number of nitrogens with zero attached hydrogens (tertiary/aromatic N) is 6. The van der Waals surface area contributed by atoms with E-state index in [1.54, 1.807) is 18.6 Å². The molecule has 0 aliphatic rings. The van der Waals surface area contributed by atoms with E-state index in [0.717, 1.165) is 20.8 Å². The number of Topliss-reactive ketones (excluding diaryl/α,β-unsaturated/α-hetero) is 1. The zero-order valence-corrected chi connectivity index (χ0v) is 54.3. The summed E-state index contributed by atoms with van der Waals surface area (Å²) in [5.74, 6) is -1.16. The summed E-state index contributed by atoms with van der Waals surface area (Å²) >= 11 is 0. The second kappa shape index (κ2) is 41.2. The molecular formula is C53H98N9O22P3. The predicted octanol–water partition coefficient (Wildman–Crippen LogP) is 1.77. The van der Waals surface area contributed by atoms with E-state index in [1.807, 2.05) is 27.7 Å². The molecule has 502 valence electrons. The van der Waals surface area contributed by atoms with Crippen LogP contribution in [0, 0.1) is 5.41 Å². The van der Waals surface area contributed by atoms with Crippen molar-refractivity contribution in [3.63, 3.8) is 0 Å². The van der Waals surface area contributed by atoms with Crippen molar-refractivity contribution in [2.45, 2.75) is 155 Å². The van der Waals surface area contributed by atoms with E-state index in [-0.39, 0.29) is 148 Å². The molecule has 3 heterocycles. The number of imidazole rings is 3. The Balaban J connectivity index is 0.00000925. The Labute approximate surface area is 509 Å². The molecule has 0 spiro atoms. The van der Waals surface area contributed by atoms with Gasteiger partial charge in [-0.15, -0.1) is 0 Å². The van der Waals surface area contributed by atoms with Gasteiger partial charge in [-0.25, -0.2) is 15.0 Å². The molecule has 34 heteroatoms. The zero-order chi connectivity index (χ0) is 65.8. The van der Waals surface area contributed by atoms with Gasteiger partial charge >= 0.3 is 22.8 Å². The number of aliphatic hydroxyl groups is 3. The van der Waals surface area contributed by atoms with Crippen molar-refractivity contribution in [2.24, 2.45) is 5.41 Å². The Hall–Kier alpha value is -4.20. The minimum absolute atomic E-state index is 0.0235. The highest BCUT2D eigenvalue weighted by Crippen LogP contribution is 2.51. The number of carbonyl (C=O) groups is 4. The summed E-state index contributed by atoms with van der Waals surface area (Å²) in [6.07, 6.45) is 12.0. The molecule has 3 aromatic heterocycles. The van der Waals surface area contributed by atoms with Gasteiger partial charge in [-0.3, -0.25) is 28.1 Å². The fourth-order valence-electron chi connectivity index (χ4n) is 7.77. The number of aryl methyl sites for hydroxylation is 3. The fraction of sp³-hybridized carbons (Fsp3) is 0.755. The lowest BCUT2D eigenvalue weighted by Gasteiger charge is -2.32. The first kappa shape index (κ1) is 80.8. The highest BCUT2D eigenvalue weighted by molar-refractivity contribution is 7.53. The summed E-state index contributed by atoms with van der Waals surface area (Å²) in [6, 6.07) is 0. The summed E-state index contributed by atoms with van der Waals surface area (Å²) < 4.78 is 73.4. The van der Waals surface area contributed by atoms with Gasteiger partial charge in [-0.05, 0) is 66.2 Å². The second-order valence-corrected chi connectivity index (χ2v) is 27.0. The monoisotopic (exact) mass is 1310 g/mol. The molecule has 0 aromatic carbocycles. The summed E-state index contributed by atoms with van der Waals surface area (Å²) in [5, 5.41) is 31.8. The molecule has 3 unspecified atom stereocenters. The number of rotatable bonds is 47. The maximum absolute atomic E-state index is 12.7. The molecule has 31 nitrogen and oxygen atoms in total. The summed E-state index contributed by atoms with van der Waals surface area (Å²) in [7, 11) is -14.3. The minimum atomic E-state index is -4.76. The van der Waals surface area contributed by atoms with Crippen LogP contribution in [0.25, 0.3) is 0 Å². The first-order chi connectivity index (χ1) is 40.8. The number of nitrogens with one attached hydrogen (secondary N) is 3. The summed E-state index contributed by atoms with van der Waals surface area (Å²) in [6.45, 7) is 13.6. The number of aromatic nitrogens is 6. The molecule has 3 atom stereocenters. The van der Waals surface area contributed by atoms with Gasteiger partial charge in [0.15, 0.2) is 16.0 Å². The third-order valence-corrected chi connectivity index (χ3v) is 16.7. The number of ketones is 1. The van der Waals surface area contributed by atoms with Crippen LogP contribution in [0.4, 0.5) is 0 Å². The van der Waals surface area contributed by atoms with Crippen molar-refractivity contribution in [1.82, 2.24) is 44.6 Å². The molecule has 0 saturated heterocycles. The number of hydrogen-bond donors (Lipinski definition) is 12. The predicted molar refractivity (Wildman–Crippen MR) is 318 cm³/mol. The highest BCUT2D eigenvalue weighted by atomic mass is 31.2. The van der Waals surface area contributed by atoms with Crippen LogP contribution >= 0.6 is 22.8 Å². The Kier molecular flexibility index (Phi) is 38.3. The Bertz CT molecular complexity index is 2320. The summed E-state index contributed by atoms with van der Waals surface area (Å²) in [5.41, 5.74) is 0.863. The van der Waals surface area contributed by atoms with E-state index in [9.17, 15) is 77.6 Å². The Morgan fingerprint density at radius 1 is 0.460 bits per heavy atom. The summed E-state index contributed by atoms with van der Waals surface area (Å²) in [4.78, 5) is 119. The van der Waals surface area contributed by atoms with Crippen LogP contribution in [0.1, 0.15) is 117 Å². The lowest BCUT2D eigenvalue weighted by Crippen LogP contribution is -2.40. The minimum Gasteiger partial charge on any atom is -0.380 e. The quantitative estimate of drug-likeness (QED) is 0.0283. The number of hydrogen-bond acceptors (Lipinski definition) is 19. The van der Waals surface area contributed by atoms with Crippen molar-refractivity contribution in [3.05, 3.63) is 54.7 Å². The molecule has 0 aliphatic carbocycles. The van der Waals surface area contributed by atoms with Crippen molar-refractivity contribution < 1.29 is 106 Å². The van der Waals surface area contributed by atoms with E-state index in [2.05, 4.69) is 30.9 Å². The van der Waals surface area contributed by atoms with Gasteiger partial charge in [-0.2, -0.15) is 0 Å². The van der Waals surface area contributed by atoms with E-state index < -0.39 is 44.2 Å². The SMILES string of the molecule is CC.CC.CC(=O)CC(COCCC(=O)NCCOCCCc1cn(CC(C)(O)P(=O)(O)O)cn1)(COCCC(=O)NCCOCCCc1cn(CC(C)(O)P(=O)(O)O)cn1)COCCC(=O)NCCOCCCc1cn(CC(C)(O)P(=O)(O)O)cn1. The number of amides is 3. The topological polar surface area (TPSA) is 446 Å². The average molecular weight is 1310 g/mol. The van der Waals surface area contributed by atoms with E-state index in [4.69, 9.17) is 28.4 Å².